The number of hydrogen-bond acceptors (Lipinski definition) is 3. The Bertz CT molecular complexity index is 453. The number of hydrogen-bond donors (Lipinski definition) is 1. The Balaban J connectivity index is 2.12. The molecule has 0 spiro atoms. The van der Waals surface area contributed by atoms with Crippen molar-refractivity contribution >= 4 is 11.9 Å². The van der Waals surface area contributed by atoms with Crippen molar-refractivity contribution in [3.05, 3.63) is 12.2 Å². The molecule has 2 aliphatic rings. The number of ketones is 1. The Labute approximate surface area is 120 Å². The number of allylic oxidation sites excluding steroid dienone is 2. The van der Waals surface area contributed by atoms with Gasteiger partial charge in [0.15, 0.2) is 0 Å². The lowest BCUT2D eigenvalue weighted by Gasteiger charge is -2.35. The maximum Gasteiger partial charge on any atom is 0.407 e. The Kier molecular flexibility index (Phi) is 3.69. The highest BCUT2D eigenvalue weighted by Crippen LogP contribution is 2.62. The summed E-state index contributed by atoms with van der Waals surface area (Å²) in [6.07, 6.45) is 4.69. The molecule has 1 fully saturated rings. The third kappa shape index (κ3) is 2.25. The van der Waals surface area contributed by atoms with Crippen LogP contribution in [0, 0.1) is 22.7 Å². The quantitative estimate of drug-likeness (QED) is 0.805. The summed E-state index contributed by atoms with van der Waals surface area (Å²) in [6, 6.07) is 0.0344. The van der Waals surface area contributed by atoms with Gasteiger partial charge in [-0.1, -0.05) is 26.0 Å². The van der Waals surface area contributed by atoms with Gasteiger partial charge in [0.1, 0.15) is 12.4 Å². The number of ether oxygens (including phenoxy) is 1. The molecule has 20 heavy (non-hydrogen) atoms. The molecule has 2 bridgehead atoms. The minimum atomic E-state index is -0.544. The van der Waals surface area contributed by atoms with Crippen molar-refractivity contribution < 1.29 is 14.3 Å². The van der Waals surface area contributed by atoms with Gasteiger partial charge in [-0.05, 0) is 44.4 Å². The first kappa shape index (κ1) is 15.1. The average Bonchev–Trinajstić information content (AvgIpc) is 2.73. The first-order valence-electron chi connectivity index (χ1n) is 7.33. The lowest BCUT2D eigenvalue weighted by molar-refractivity contribution is -0.131. The van der Waals surface area contributed by atoms with E-state index in [1.165, 1.54) is 0 Å². The molecule has 3 atom stereocenters. The molecule has 3 unspecified atom stereocenters. The highest BCUT2D eigenvalue weighted by atomic mass is 16.5. The van der Waals surface area contributed by atoms with Gasteiger partial charge in [0, 0.05) is 6.04 Å². The van der Waals surface area contributed by atoms with Gasteiger partial charge in [-0.2, -0.15) is 0 Å². The van der Waals surface area contributed by atoms with E-state index in [9.17, 15) is 9.59 Å². The van der Waals surface area contributed by atoms with Crippen molar-refractivity contribution in [3.63, 3.8) is 0 Å². The molecule has 0 radical (unpaired) electrons. The lowest BCUT2D eigenvalue weighted by Crippen LogP contribution is -2.43. The Morgan fingerprint density at radius 1 is 1.35 bits per heavy atom. The van der Waals surface area contributed by atoms with Crippen LogP contribution in [0.5, 0.6) is 0 Å². The van der Waals surface area contributed by atoms with Crippen molar-refractivity contribution in [2.24, 2.45) is 22.7 Å². The second-order valence-electron chi connectivity index (χ2n) is 7.08. The van der Waals surface area contributed by atoms with Gasteiger partial charge in [0.2, 0.25) is 0 Å². The minimum Gasteiger partial charge on any atom is -0.448 e. The minimum absolute atomic E-state index is 0.0344. The fourth-order valence-corrected chi connectivity index (χ4v) is 3.80. The van der Waals surface area contributed by atoms with E-state index in [2.05, 4.69) is 31.3 Å². The number of carbonyl (C=O) groups is 2. The number of amides is 1. The number of carbonyl (C=O) groups excluding carboxylic acids is 2. The topological polar surface area (TPSA) is 55.4 Å². The van der Waals surface area contributed by atoms with E-state index in [1.54, 1.807) is 6.92 Å². The summed E-state index contributed by atoms with van der Waals surface area (Å²) in [6.45, 7) is 9.95. The Hall–Kier alpha value is -1.32. The van der Waals surface area contributed by atoms with Crippen LogP contribution in [-0.4, -0.2) is 24.5 Å². The monoisotopic (exact) mass is 279 g/mol. The number of Topliss-reactive ketones (excluding diaryl/α,β-unsaturated/α-hetero) is 1. The average molecular weight is 279 g/mol. The van der Waals surface area contributed by atoms with Crippen molar-refractivity contribution in [1.82, 2.24) is 5.32 Å². The normalized spacial score (nSPS) is 33.5. The molecule has 2 aliphatic carbocycles. The fraction of sp³-hybridized carbons (Fsp3) is 0.750. The first-order chi connectivity index (χ1) is 9.20. The van der Waals surface area contributed by atoms with Gasteiger partial charge in [-0.3, -0.25) is 4.79 Å². The number of nitrogens with one attached hydrogen (secondary N) is 1. The largest absolute Gasteiger partial charge is 0.448 e. The van der Waals surface area contributed by atoms with E-state index in [0.717, 1.165) is 6.42 Å². The van der Waals surface area contributed by atoms with Gasteiger partial charge in [0.25, 0.3) is 0 Å². The van der Waals surface area contributed by atoms with E-state index in [-0.39, 0.29) is 29.8 Å². The summed E-state index contributed by atoms with van der Waals surface area (Å²) in [5.74, 6) is 0.678. The summed E-state index contributed by atoms with van der Waals surface area (Å²) >= 11 is 0. The van der Waals surface area contributed by atoms with Crippen LogP contribution in [-0.2, 0) is 9.53 Å². The van der Waals surface area contributed by atoms with Crippen molar-refractivity contribution in [2.75, 3.05) is 6.61 Å². The summed E-state index contributed by atoms with van der Waals surface area (Å²) in [5.41, 5.74) is -0.471. The molecule has 0 aromatic carbocycles. The van der Waals surface area contributed by atoms with Crippen molar-refractivity contribution in [2.45, 2.75) is 47.1 Å². The van der Waals surface area contributed by atoms with E-state index in [1.807, 2.05) is 13.8 Å². The van der Waals surface area contributed by atoms with Gasteiger partial charge < -0.3 is 10.1 Å². The third-order valence-electron chi connectivity index (χ3n) is 5.04. The molecular formula is C16H25NO3. The Morgan fingerprint density at radius 3 is 2.40 bits per heavy atom. The van der Waals surface area contributed by atoms with Gasteiger partial charge in [-0.15, -0.1) is 0 Å². The number of fused-ring (bicyclic) bond motifs is 2. The molecule has 0 aromatic rings. The lowest BCUT2D eigenvalue weighted by atomic mass is 9.69. The highest BCUT2D eigenvalue weighted by Gasteiger charge is 2.61. The van der Waals surface area contributed by atoms with Crippen LogP contribution in [0.25, 0.3) is 0 Å². The summed E-state index contributed by atoms with van der Waals surface area (Å²) < 4.78 is 5.34. The maximum absolute atomic E-state index is 12.2. The van der Waals surface area contributed by atoms with Crippen LogP contribution < -0.4 is 5.32 Å². The van der Waals surface area contributed by atoms with E-state index in [0.29, 0.717) is 5.92 Å². The molecule has 2 rings (SSSR count). The van der Waals surface area contributed by atoms with Crippen LogP contribution in [0.2, 0.25) is 0 Å². The zero-order chi connectivity index (χ0) is 15.1. The molecule has 0 saturated heterocycles. The summed E-state index contributed by atoms with van der Waals surface area (Å²) in [4.78, 5) is 23.9. The summed E-state index contributed by atoms with van der Waals surface area (Å²) in [7, 11) is 0. The zero-order valence-electron chi connectivity index (χ0n) is 13.0. The second kappa shape index (κ2) is 4.90. The maximum atomic E-state index is 12.2. The van der Waals surface area contributed by atoms with Crippen LogP contribution in [0.4, 0.5) is 4.79 Å². The predicted octanol–water partition coefficient (Wildman–Crippen LogP) is 2.93. The summed E-state index contributed by atoms with van der Waals surface area (Å²) in [5, 5.41) is 2.70. The van der Waals surface area contributed by atoms with E-state index >= 15 is 0 Å². The number of alkyl carbamates (subject to hydrolysis) is 1. The van der Waals surface area contributed by atoms with E-state index < -0.39 is 11.5 Å². The molecule has 4 nitrogen and oxygen atoms in total. The molecule has 0 aliphatic heterocycles. The van der Waals surface area contributed by atoms with Crippen LogP contribution in [0.3, 0.4) is 0 Å². The van der Waals surface area contributed by atoms with Gasteiger partial charge in [0.05, 0.1) is 5.41 Å². The molecule has 0 heterocycles. The van der Waals surface area contributed by atoms with Crippen molar-refractivity contribution in [1.29, 1.82) is 0 Å². The van der Waals surface area contributed by atoms with Crippen molar-refractivity contribution in [3.8, 4) is 0 Å². The molecule has 1 saturated carbocycles. The molecule has 112 valence electrons. The number of rotatable bonds is 4. The van der Waals surface area contributed by atoms with Gasteiger partial charge >= 0.3 is 6.09 Å². The fourth-order valence-electron chi connectivity index (χ4n) is 3.80. The molecular weight excluding hydrogens is 254 g/mol. The second-order valence-corrected chi connectivity index (χ2v) is 7.08. The SMILES string of the molecule is CC(=O)C1(COC(=O)NC(C)C)CC2C=CC1C2(C)C. The van der Waals surface area contributed by atoms with E-state index in [4.69, 9.17) is 4.74 Å². The molecule has 4 heteroatoms. The zero-order valence-corrected chi connectivity index (χ0v) is 13.0. The van der Waals surface area contributed by atoms with Crippen LogP contribution >= 0.6 is 0 Å². The Morgan fingerprint density at radius 2 is 2.00 bits per heavy atom. The van der Waals surface area contributed by atoms with Crippen LogP contribution in [0.1, 0.15) is 41.0 Å². The molecule has 0 aromatic heterocycles. The first-order valence-corrected chi connectivity index (χ1v) is 7.33. The highest BCUT2D eigenvalue weighted by molar-refractivity contribution is 5.84. The predicted molar refractivity (Wildman–Crippen MR) is 77.3 cm³/mol. The molecule has 1 amide bonds. The van der Waals surface area contributed by atoms with Crippen LogP contribution in [0.15, 0.2) is 12.2 Å². The smallest absolute Gasteiger partial charge is 0.407 e. The van der Waals surface area contributed by atoms with Gasteiger partial charge in [-0.25, -0.2) is 4.79 Å². The third-order valence-corrected chi connectivity index (χ3v) is 5.04. The standard InChI is InChI=1S/C16H25NO3/c1-10(2)17-14(19)20-9-16(11(3)18)8-12-6-7-13(16)15(12,4)5/h6-7,10,12-13H,8-9H2,1-5H3,(H,17,19). The molecule has 1 N–H and O–H groups in total.